The van der Waals surface area contributed by atoms with E-state index in [-0.39, 0.29) is 5.91 Å². The molecule has 0 fully saturated rings. The minimum atomic E-state index is -0.332. The molecule has 0 aliphatic rings. The Bertz CT molecular complexity index is 1230. The highest BCUT2D eigenvalue weighted by molar-refractivity contribution is 6.04. The zero-order chi connectivity index (χ0) is 20.2. The van der Waals surface area contributed by atoms with E-state index in [1.54, 1.807) is 20.4 Å². The summed E-state index contributed by atoms with van der Waals surface area (Å²) in [6.45, 7) is 0. The summed E-state index contributed by atoms with van der Waals surface area (Å²) in [4.78, 5) is 12.7. The van der Waals surface area contributed by atoms with Crippen molar-refractivity contribution in [3.63, 3.8) is 0 Å². The maximum absolute atomic E-state index is 12.7. The maximum Gasteiger partial charge on any atom is 0.275 e. The monoisotopic (exact) mass is 384 g/mol. The molecule has 0 aliphatic heterocycles. The van der Waals surface area contributed by atoms with Crippen LogP contribution in [0, 0.1) is 0 Å². The molecular formula is C24H20N2O3. The van der Waals surface area contributed by atoms with Gasteiger partial charge in [0.15, 0.2) is 0 Å². The lowest BCUT2D eigenvalue weighted by Gasteiger charge is -2.09. The van der Waals surface area contributed by atoms with Gasteiger partial charge in [-0.2, -0.15) is 5.10 Å². The van der Waals surface area contributed by atoms with Gasteiger partial charge in [0.1, 0.15) is 11.5 Å². The highest BCUT2D eigenvalue weighted by Crippen LogP contribution is 2.28. The van der Waals surface area contributed by atoms with Crippen LogP contribution in [0.2, 0.25) is 0 Å². The summed E-state index contributed by atoms with van der Waals surface area (Å²) in [5, 5.41) is 8.11. The second-order valence-corrected chi connectivity index (χ2v) is 6.50. The topological polar surface area (TPSA) is 59.9 Å². The summed E-state index contributed by atoms with van der Waals surface area (Å²) >= 11 is 0. The summed E-state index contributed by atoms with van der Waals surface area (Å²) in [5.41, 5.74) is 3.91. The number of methoxy groups -OCH3 is 2. The number of rotatable bonds is 5. The van der Waals surface area contributed by atoms with Crippen molar-refractivity contribution in [1.29, 1.82) is 0 Å². The molecule has 1 N–H and O–H groups in total. The van der Waals surface area contributed by atoms with Gasteiger partial charge in [0, 0.05) is 10.9 Å². The number of benzene rings is 4. The Morgan fingerprint density at radius 1 is 0.828 bits per heavy atom. The van der Waals surface area contributed by atoms with Gasteiger partial charge >= 0.3 is 0 Å². The number of nitrogens with one attached hydrogen (secondary N) is 1. The Morgan fingerprint density at radius 2 is 1.48 bits per heavy atom. The van der Waals surface area contributed by atoms with E-state index in [9.17, 15) is 4.79 Å². The molecule has 0 bridgehead atoms. The first kappa shape index (κ1) is 18.5. The van der Waals surface area contributed by atoms with Crippen LogP contribution in [0.15, 0.2) is 77.9 Å². The SMILES string of the molecule is COc1cc2ccccc2cc1C(=O)N/N=C\c1ccc(OC)c2ccccc12. The van der Waals surface area contributed by atoms with E-state index in [4.69, 9.17) is 9.47 Å². The molecule has 0 spiro atoms. The van der Waals surface area contributed by atoms with Crippen LogP contribution in [0.4, 0.5) is 0 Å². The van der Waals surface area contributed by atoms with Crippen molar-refractivity contribution < 1.29 is 14.3 Å². The Labute approximate surface area is 168 Å². The Balaban J connectivity index is 1.61. The summed E-state index contributed by atoms with van der Waals surface area (Å²) < 4.78 is 10.8. The zero-order valence-corrected chi connectivity index (χ0v) is 16.2. The number of hydrogen-bond acceptors (Lipinski definition) is 4. The number of fused-ring (bicyclic) bond motifs is 2. The molecule has 0 saturated heterocycles. The van der Waals surface area contributed by atoms with Gasteiger partial charge in [0.25, 0.3) is 5.91 Å². The van der Waals surface area contributed by atoms with E-state index in [0.717, 1.165) is 32.9 Å². The number of amides is 1. The fourth-order valence-electron chi connectivity index (χ4n) is 3.37. The van der Waals surface area contributed by atoms with Crippen LogP contribution in [0.3, 0.4) is 0 Å². The van der Waals surface area contributed by atoms with Crippen LogP contribution in [0.5, 0.6) is 11.5 Å². The van der Waals surface area contributed by atoms with Gasteiger partial charge in [-0.25, -0.2) is 5.43 Å². The molecule has 0 heterocycles. The summed E-state index contributed by atoms with van der Waals surface area (Å²) in [6, 6.07) is 23.2. The molecule has 5 nitrogen and oxygen atoms in total. The maximum atomic E-state index is 12.7. The van der Waals surface area contributed by atoms with Crippen molar-refractivity contribution in [2.75, 3.05) is 14.2 Å². The lowest BCUT2D eigenvalue weighted by Crippen LogP contribution is -2.18. The lowest BCUT2D eigenvalue weighted by molar-refractivity contribution is 0.0952. The predicted octanol–water partition coefficient (Wildman–Crippen LogP) is 4.77. The van der Waals surface area contributed by atoms with Crippen molar-refractivity contribution in [3.8, 4) is 11.5 Å². The fourth-order valence-corrected chi connectivity index (χ4v) is 3.37. The first-order valence-electron chi connectivity index (χ1n) is 9.17. The first-order chi connectivity index (χ1) is 14.2. The van der Waals surface area contributed by atoms with Crippen LogP contribution >= 0.6 is 0 Å². The Morgan fingerprint density at radius 3 is 2.21 bits per heavy atom. The zero-order valence-electron chi connectivity index (χ0n) is 16.2. The highest BCUT2D eigenvalue weighted by atomic mass is 16.5. The van der Waals surface area contributed by atoms with Crippen molar-refractivity contribution >= 4 is 33.7 Å². The molecule has 0 unspecified atom stereocenters. The van der Waals surface area contributed by atoms with Crippen LogP contribution in [-0.2, 0) is 0 Å². The van der Waals surface area contributed by atoms with Gasteiger partial charge in [-0.15, -0.1) is 0 Å². The van der Waals surface area contributed by atoms with Gasteiger partial charge in [0.05, 0.1) is 26.0 Å². The number of hydrogen-bond donors (Lipinski definition) is 1. The number of ether oxygens (including phenoxy) is 2. The largest absolute Gasteiger partial charge is 0.496 e. The number of carbonyl (C=O) groups excluding carboxylic acids is 1. The third kappa shape index (κ3) is 3.62. The van der Waals surface area contributed by atoms with Gasteiger partial charge in [-0.3, -0.25) is 4.79 Å². The molecule has 29 heavy (non-hydrogen) atoms. The van der Waals surface area contributed by atoms with E-state index in [1.807, 2.05) is 72.8 Å². The lowest BCUT2D eigenvalue weighted by atomic mass is 10.0. The average Bonchev–Trinajstić information content (AvgIpc) is 2.78. The fraction of sp³-hybridized carbons (Fsp3) is 0.0833. The van der Waals surface area contributed by atoms with Crippen LogP contribution < -0.4 is 14.9 Å². The second-order valence-electron chi connectivity index (χ2n) is 6.50. The van der Waals surface area contributed by atoms with E-state index >= 15 is 0 Å². The van der Waals surface area contributed by atoms with E-state index < -0.39 is 0 Å². The van der Waals surface area contributed by atoms with E-state index in [1.165, 1.54) is 0 Å². The standard InChI is InChI=1S/C24H20N2O3/c1-28-22-12-11-18(19-9-5-6-10-20(19)22)15-25-26-24(27)21-13-16-7-3-4-8-17(16)14-23(21)29-2/h3-15H,1-2H3,(H,26,27)/b25-15-. The normalized spacial score (nSPS) is 11.1. The molecule has 0 aliphatic carbocycles. The molecule has 5 heteroatoms. The third-order valence-electron chi connectivity index (χ3n) is 4.82. The molecule has 4 aromatic rings. The van der Waals surface area contributed by atoms with Gasteiger partial charge in [-0.1, -0.05) is 48.5 Å². The van der Waals surface area contributed by atoms with Crippen molar-refractivity contribution in [2.45, 2.75) is 0 Å². The number of hydrazone groups is 1. The quantitative estimate of drug-likeness (QED) is 0.398. The summed E-state index contributed by atoms with van der Waals surface area (Å²) in [5.74, 6) is 0.968. The molecule has 0 atom stereocenters. The average molecular weight is 384 g/mol. The summed E-state index contributed by atoms with van der Waals surface area (Å²) in [7, 11) is 3.19. The molecule has 144 valence electrons. The molecule has 4 aromatic carbocycles. The summed E-state index contributed by atoms with van der Waals surface area (Å²) in [6.07, 6.45) is 1.63. The molecule has 0 aromatic heterocycles. The second kappa shape index (κ2) is 8.02. The Kier molecular flexibility index (Phi) is 5.12. The molecule has 1 amide bonds. The highest BCUT2D eigenvalue weighted by Gasteiger charge is 2.13. The predicted molar refractivity (Wildman–Crippen MR) is 116 cm³/mol. The van der Waals surface area contributed by atoms with Gasteiger partial charge < -0.3 is 9.47 Å². The van der Waals surface area contributed by atoms with Crippen molar-refractivity contribution in [2.24, 2.45) is 5.10 Å². The van der Waals surface area contributed by atoms with E-state index in [2.05, 4.69) is 10.5 Å². The smallest absolute Gasteiger partial charge is 0.275 e. The number of nitrogens with zero attached hydrogens (tertiary/aromatic N) is 1. The van der Waals surface area contributed by atoms with Gasteiger partial charge in [0.2, 0.25) is 0 Å². The van der Waals surface area contributed by atoms with Crippen molar-refractivity contribution in [1.82, 2.24) is 5.43 Å². The molecular weight excluding hydrogens is 364 g/mol. The van der Waals surface area contributed by atoms with Crippen LogP contribution in [-0.4, -0.2) is 26.3 Å². The molecule has 0 saturated carbocycles. The van der Waals surface area contributed by atoms with Gasteiger partial charge in [-0.05, 0) is 40.4 Å². The van der Waals surface area contributed by atoms with Crippen molar-refractivity contribution in [3.05, 3.63) is 83.9 Å². The van der Waals surface area contributed by atoms with Crippen LogP contribution in [0.25, 0.3) is 21.5 Å². The minimum absolute atomic E-state index is 0.332. The van der Waals surface area contributed by atoms with E-state index in [0.29, 0.717) is 11.3 Å². The Hall–Kier alpha value is -3.86. The minimum Gasteiger partial charge on any atom is -0.496 e. The molecule has 4 rings (SSSR count). The number of carbonyl (C=O) groups is 1. The molecule has 0 radical (unpaired) electrons. The van der Waals surface area contributed by atoms with Crippen LogP contribution in [0.1, 0.15) is 15.9 Å². The third-order valence-corrected chi connectivity index (χ3v) is 4.82. The first-order valence-corrected chi connectivity index (χ1v) is 9.17.